The molecule has 1 heterocycles. The largest absolute Gasteiger partial charge is 0.376 e. The van der Waals surface area contributed by atoms with Gasteiger partial charge in [0.05, 0.1) is 18.4 Å². The third kappa shape index (κ3) is 4.11. The molecule has 0 unspecified atom stereocenters. The zero-order chi connectivity index (χ0) is 14.4. The molecule has 3 N–H and O–H groups in total. The Bertz CT molecular complexity index is 422. The molecule has 1 saturated carbocycles. The summed E-state index contributed by atoms with van der Waals surface area (Å²) in [6.07, 6.45) is 6.32. The smallest absolute Gasteiger partial charge is 0.186 e. The van der Waals surface area contributed by atoms with E-state index in [9.17, 15) is 4.39 Å². The quantitative estimate of drug-likeness (QED) is 0.779. The number of aryl methyl sites for hydroxylation is 1. The SMILES string of the molecule is CCc1ncnc(NCCOC2CCC(N)CC2)c1F. The van der Waals surface area contributed by atoms with E-state index in [1.165, 1.54) is 6.33 Å². The van der Waals surface area contributed by atoms with Crippen LogP contribution in [0.4, 0.5) is 10.2 Å². The van der Waals surface area contributed by atoms with Gasteiger partial charge in [-0.15, -0.1) is 0 Å². The Labute approximate surface area is 119 Å². The van der Waals surface area contributed by atoms with E-state index in [1.54, 1.807) is 0 Å². The second-order valence-corrected chi connectivity index (χ2v) is 5.17. The summed E-state index contributed by atoms with van der Waals surface area (Å²) in [5.74, 6) is -0.107. The van der Waals surface area contributed by atoms with Gasteiger partial charge in [-0.2, -0.15) is 0 Å². The van der Waals surface area contributed by atoms with Gasteiger partial charge in [0.15, 0.2) is 11.6 Å². The van der Waals surface area contributed by atoms with Gasteiger partial charge >= 0.3 is 0 Å². The fourth-order valence-electron chi connectivity index (χ4n) is 2.43. The van der Waals surface area contributed by atoms with Gasteiger partial charge in [-0.1, -0.05) is 6.92 Å². The van der Waals surface area contributed by atoms with Gasteiger partial charge in [0, 0.05) is 12.6 Å². The van der Waals surface area contributed by atoms with Crippen LogP contribution in [0.3, 0.4) is 0 Å². The molecule has 20 heavy (non-hydrogen) atoms. The molecule has 0 spiro atoms. The van der Waals surface area contributed by atoms with Crippen molar-refractivity contribution in [3.8, 4) is 0 Å². The predicted octanol–water partition coefficient (Wildman–Crippen LogP) is 1.88. The molecule has 2 rings (SSSR count). The molecule has 0 radical (unpaired) electrons. The molecular weight excluding hydrogens is 259 g/mol. The van der Waals surface area contributed by atoms with Crippen molar-refractivity contribution >= 4 is 5.82 Å². The topological polar surface area (TPSA) is 73.1 Å². The first-order valence-corrected chi connectivity index (χ1v) is 7.31. The molecule has 1 aliphatic rings. The molecule has 1 aromatic rings. The van der Waals surface area contributed by atoms with Crippen molar-refractivity contribution in [3.63, 3.8) is 0 Å². The molecular formula is C14H23FN4O. The van der Waals surface area contributed by atoms with Gasteiger partial charge in [0.25, 0.3) is 0 Å². The van der Waals surface area contributed by atoms with E-state index in [4.69, 9.17) is 10.5 Å². The maximum Gasteiger partial charge on any atom is 0.186 e. The van der Waals surface area contributed by atoms with Gasteiger partial charge in [-0.3, -0.25) is 0 Å². The fourth-order valence-corrected chi connectivity index (χ4v) is 2.43. The van der Waals surface area contributed by atoms with E-state index in [1.807, 2.05) is 6.92 Å². The minimum absolute atomic E-state index is 0.256. The first-order chi connectivity index (χ1) is 9.70. The number of hydrogen-bond acceptors (Lipinski definition) is 5. The highest BCUT2D eigenvalue weighted by Gasteiger charge is 2.18. The molecule has 5 nitrogen and oxygen atoms in total. The van der Waals surface area contributed by atoms with Crippen molar-refractivity contribution in [1.29, 1.82) is 0 Å². The van der Waals surface area contributed by atoms with Crippen LogP contribution in [0.25, 0.3) is 0 Å². The van der Waals surface area contributed by atoms with Crippen LogP contribution in [0, 0.1) is 5.82 Å². The first kappa shape index (κ1) is 15.1. The summed E-state index contributed by atoms with van der Waals surface area (Å²) < 4.78 is 19.6. The fraction of sp³-hybridized carbons (Fsp3) is 0.714. The maximum absolute atomic E-state index is 13.9. The maximum atomic E-state index is 13.9. The van der Waals surface area contributed by atoms with Gasteiger partial charge in [0.2, 0.25) is 0 Å². The summed E-state index contributed by atoms with van der Waals surface area (Å²) >= 11 is 0. The highest BCUT2D eigenvalue weighted by Crippen LogP contribution is 2.19. The second-order valence-electron chi connectivity index (χ2n) is 5.17. The number of aromatic nitrogens is 2. The Hall–Kier alpha value is -1.27. The van der Waals surface area contributed by atoms with Crippen molar-refractivity contribution in [2.45, 2.75) is 51.2 Å². The summed E-state index contributed by atoms with van der Waals surface area (Å²) in [4.78, 5) is 7.81. The molecule has 0 aromatic carbocycles. The number of nitrogens with two attached hydrogens (primary N) is 1. The normalized spacial score (nSPS) is 22.8. The highest BCUT2D eigenvalue weighted by molar-refractivity contribution is 5.37. The molecule has 0 bridgehead atoms. The van der Waals surface area contributed by atoms with E-state index < -0.39 is 0 Å². The predicted molar refractivity (Wildman–Crippen MR) is 76.0 cm³/mol. The molecule has 1 aromatic heterocycles. The van der Waals surface area contributed by atoms with E-state index in [0.717, 1.165) is 25.7 Å². The average molecular weight is 282 g/mol. The first-order valence-electron chi connectivity index (χ1n) is 7.31. The number of anilines is 1. The molecule has 0 amide bonds. The van der Waals surface area contributed by atoms with Crippen LogP contribution in [0.1, 0.15) is 38.3 Å². The monoisotopic (exact) mass is 282 g/mol. The van der Waals surface area contributed by atoms with E-state index >= 15 is 0 Å². The van der Waals surface area contributed by atoms with Gasteiger partial charge < -0.3 is 15.8 Å². The van der Waals surface area contributed by atoms with Crippen molar-refractivity contribution in [1.82, 2.24) is 9.97 Å². The summed E-state index contributed by atoms with van der Waals surface area (Å²) in [6, 6.07) is 0.329. The van der Waals surface area contributed by atoms with Gasteiger partial charge in [-0.25, -0.2) is 14.4 Å². The lowest BCUT2D eigenvalue weighted by molar-refractivity contribution is 0.0312. The van der Waals surface area contributed by atoms with Crippen molar-refractivity contribution in [2.24, 2.45) is 5.73 Å². The number of hydrogen-bond donors (Lipinski definition) is 2. The number of halogens is 1. The zero-order valence-corrected chi connectivity index (χ0v) is 11.9. The molecule has 112 valence electrons. The van der Waals surface area contributed by atoms with E-state index in [0.29, 0.717) is 31.3 Å². The Morgan fingerprint density at radius 1 is 1.35 bits per heavy atom. The van der Waals surface area contributed by atoms with Gasteiger partial charge in [0.1, 0.15) is 6.33 Å². The van der Waals surface area contributed by atoms with Crippen LogP contribution in [0.15, 0.2) is 6.33 Å². The van der Waals surface area contributed by atoms with Crippen molar-refractivity contribution < 1.29 is 9.13 Å². The molecule has 1 fully saturated rings. The van der Waals surface area contributed by atoms with Crippen LogP contribution >= 0.6 is 0 Å². The van der Waals surface area contributed by atoms with Crippen LogP contribution in [-0.2, 0) is 11.2 Å². The van der Waals surface area contributed by atoms with Gasteiger partial charge in [-0.05, 0) is 32.1 Å². The number of nitrogens with zero attached hydrogens (tertiary/aromatic N) is 2. The van der Waals surface area contributed by atoms with Crippen molar-refractivity contribution in [2.75, 3.05) is 18.5 Å². The average Bonchev–Trinajstić information content (AvgIpc) is 2.47. The lowest BCUT2D eigenvalue weighted by Gasteiger charge is -2.26. The molecule has 0 aliphatic heterocycles. The zero-order valence-electron chi connectivity index (χ0n) is 11.9. The van der Waals surface area contributed by atoms with E-state index in [2.05, 4.69) is 15.3 Å². The lowest BCUT2D eigenvalue weighted by atomic mass is 9.94. The Morgan fingerprint density at radius 3 is 2.80 bits per heavy atom. The van der Waals surface area contributed by atoms with Crippen molar-refractivity contribution in [3.05, 3.63) is 17.8 Å². The van der Waals surface area contributed by atoms with Crippen LogP contribution in [0.5, 0.6) is 0 Å². The highest BCUT2D eigenvalue weighted by atomic mass is 19.1. The molecule has 6 heteroatoms. The minimum Gasteiger partial charge on any atom is -0.376 e. The summed E-state index contributed by atoms with van der Waals surface area (Å²) in [6.45, 7) is 2.95. The summed E-state index contributed by atoms with van der Waals surface area (Å²) in [7, 11) is 0. The lowest BCUT2D eigenvalue weighted by Crippen LogP contribution is -2.31. The van der Waals surface area contributed by atoms with Crippen LogP contribution < -0.4 is 11.1 Å². The number of nitrogens with one attached hydrogen (secondary N) is 1. The van der Waals surface area contributed by atoms with Crippen LogP contribution in [0.2, 0.25) is 0 Å². The molecule has 1 aliphatic carbocycles. The Kier molecular flexibility index (Phi) is 5.67. The third-order valence-electron chi connectivity index (χ3n) is 3.66. The number of rotatable bonds is 6. The molecule has 0 saturated heterocycles. The Morgan fingerprint density at radius 2 is 2.10 bits per heavy atom. The summed E-state index contributed by atoms with van der Waals surface area (Å²) in [5, 5.41) is 2.96. The Balaban J connectivity index is 1.71. The second kappa shape index (κ2) is 7.50. The number of ether oxygens (including phenoxy) is 1. The minimum atomic E-state index is -0.362. The third-order valence-corrected chi connectivity index (χ3v) is 3.66. The summed E-state index contributed by atoms with van der Waals surface area (Å²) in [5.41, 5.74) is 6.28. The standard InChI is InChI=1S/C14H23FN4O/c1-2-12-13(15)14(19-9-18-12)17-7-8-20-11-5-3-10(16)4-6-11/h9-11H,2-8,16H2,1H3,(H,17,18,19). The molecule has 0 atom stereocenters. The van der Waals surface area contributed by atoms with E-state index in [-0.39, 0.29) is 17.7 Å². The van der Waals surface area contributed by atoms with Crippen LogP contribution in [-0.4, -0.2) is 35.3 Å².